The van der Waals surface area contributed by atoms with Crippen molar-refractivity contribution >= 4 is 0 Å². The van der Waals surface area contributed by atoms with Gasteiger partial charge >= 0.3 is 0 Å². The number of rotatable bonds is 8. The van der Waals surface area contributed by atoms with Crippen molar-refractivity contribution in [1.29, 1.82) is 0 Å². The maximum Gasteiger partial charge on any atom is -0.000687 e. The summed E-state index contributed by atoms with van der Waals surface area (Å²) in [5.74, 6) is 0.957. The molecule has 0 bridgehead atoms. The van der Waals surface area contributed by atoms with Crippen LogP contribution in [-0.2, 0) is 0 Å². The maximum atomic E-state index is 3.68. The van der Waals surface area contributed by atoms with E-state index in [2.05, 4.69) is 24.1 Å². The normalized spacial score (nSPS) is 18.8. The minimum Gasteiger partial charge on any atom is -0.316 e. The Hall–Kier alpha value is -0.0800. The van der Waals surface area contributed by atoms with Gasteiger partial charge in [-0.05, 0) is 57.9 Å². The molecule has 1 rings (SSSR count). The molecule has 0 unspecified atom stereocenters. The zero-order valence-corrected chi connectivity index (χ0v) is 12.7. The minimum atomic E-state index is 0.957. The lowest BCUT2D eigenvalue weighted by atomic mass is 9.91. The highest BCUT2D eigenvalue weighted by Gasteiger charge is 2.10. The van der Waals surface area contributed by atoms with E-state index >= 15 is 0 Å². The molecule has 0 spiro atoms. The van der Waals surface area contributed by atoms with Crippen LogP contribution in [0.5, 0.6) is 0 Å². The van der Waals surface area contributed by atoms with Gasteiger partial charge in [0.25, 0.3) is 0 Å². The molecule has 1 N–H and O–H groups in total. The molecular formula is C16H34N2. The maximum absolute atomic E-state index is 3.68. The molecule has 0 radical (unpaired) electrons. The van der Waals surface area contributed by atoms with Crippen LogP contribution in [0.4, 0.5) is 0 Å². The average molecular weight is 254 g/mol. The summed E-state index contributed by atoms with van der Waals surface area (Å²) >= 11 is 0. The quantitative estimate of drug-likeness (QED) is 0.665. The molecule has 18 heavy (non-hydrogen) atoms. The lowest BCUT2D eigenvalue weighted by Gasteiger charge is -2.21. The van der Waals surface area contributed by atoms with Crippen molar-refractivity contribution in [3.05, 3.63) is 0 Å². The van der Waals surface area contributed by atoms with Gasteiger partial charge in [-0.25, -0.2) is 0 Å². The van der Waals surface area contributed by atoms with E-state index in [1.165, 1.54) is 84.1 Å². The van der Waals surface area contributed by atoms with E-state index in [4.69, 9.17) is 0 Å². The second-order valence-corrected chi connectivity index (χ2v) is 5.80. The van der Waals surface area contributed by atoms with Crippen molar-refractivity contribution in [2.75, 3.05) is 32.7 Å². The first kappa shape index (κ1) is 16.0. The van der Waals surface area contributed by atoms with E-state index in [0.29, 0.717) is 0 Å². The first-order valence-electron chi connectivity index (χ1n) is 8.29. The van der Waals surface area contributed by atoms with Crippen LogP contribution in [0, 0.1) is 5.92 Å². The SMILES string of the molecule is CCN(CC)CCCNCC1CCCCCCC1. The lowest BCUT2D eigenvalue weighted by Crippen LogP contribution is -2.29. The Morgan fingerprint density at radius 1 is 0.944 bits per heavy atom. The predicted octanol–water partition coefficient (Wildman–Crippen LogP) is 3.67. The van der Waals surface area contributed by atoms with Crippen LogP contribution in [0.3, 0.4) is 0 Å². The van der Waals surface area contributed by atoms with E-state index in [1.54, 1.807) is 0 Å². The van der Waals surface area contributed by atoms with Gasteiger partial charge in [0.15, 0.2) is 0 Å². The summed E-state index contributed by atoms with van der Waals surface area (Å²) in [6.45, 7) is 10.6. The molecule has 0 aromatic rings. The molecular weight excluding hydrogens is 220 g/mol. The van der Waals surface area contributed by atoms with E-state index in [1.807, 2.05) is 0 Å². The molecule has 1 saturated carbocycles. The van der Waals surface area contributed by atoms with Crippen molar-refractivity contribution < 1.29 is 0 Å². The van der Waals surface area contributed by atoms with Crippen LogP contribution in [0.25, 0.3) is 0 Å². The van der Waals surface area contributed by atoms with Crippen LogP contribution in [0.15, 0.2) is 0 Å². The molecule has 0 atom stereocenters. The van der Waals surface area contributed by atoms with Crippen molar-refractivity contribution in [1.82, 2.24) is 10.2 Å². The van der Waals surface area contributed by atoms with Crippen molar-refractivity contribution in [3.8, 4) is 0 Å². The third-order valence-electron chi connectivity index (χ3n) is 4.38. The van der Waals surface area contributed by atoms with Gasteiger partial charge in [0.1, 0.15) is 0 Å². The summed E-state index contributed by atoms with van der Waals surface area (Å²) in [7, 11) is 0. The van der Waals surface area contributed by atoms with Gasteiger partial charge in [0, 0.05) is 0 Å². The van der Waals surface area contributed by atoms with E-state index in [-0.39, 0.29) is 0 Å². The lowest BCUT2D eigenvalue weighted by molar-refractivity contribution is 0.294. The molecule has 0 aromatic heterocycles. The van der Waals surface area contributed by atoms with E-state index < -0.39 is 0 Å². The summed E-state index contributed by atoms with van der Waals surface area (Å²) < 4.78 is 0. The highest BCUT2D eigenvalue weighted by molar-refractivity contribution is 4.66. The Bertz CT molecular complexity index is 170. The Morgan fingerprint density at radius 3 is 2.17 bits per heavy atom. The Labute approximate surface area is 115 Å². The molecule has 0 aliphatic heterocycles. The van der Waals surface area contributed by atoms with Crippen molar-refractivity contribution in [3.63, 3.8) is 0 Å². The highest BCUT2D eigenvalue weighted by Crippen LogP contribution is 2.21. The van der Waals surface area contributed by atoms with Crippen LogP contribution >= 0.6 is 0 Å². The first-order chi connectivity index (χ1) is 8.86. The molecule has 2 nitrogen and oxygen atoms in total. The number of nitrogens with one attached hydrogen (secondary N) is 1. The van der Waals surface area contributed by atoms with E-state index in [0.717, 1.165) is 5.92 Å². The first-order valence-corrected chi connectivity index (χ1v) is 8.29. The molecule has 1 aliphatic rings. The Balaban J connectivity index is 1.98. The molecule has 0 saturated heterocycles. The predicted molar refractivity (Wildman–Crippen MR) is 81.1 cm³/mol. The molecule has 0 amide bonds. The van der Waals surface area contributed by atoms with Crippen LogP contribution in [-0.4, -0.2) is 37.6 Å². The molecule has 2 heteroatoms. The highest BCUT2D eigenvalue weighted by atomic mass is 15.1. The number of hydrogen-bond acceptors (Lipinski definition) is 2. The fourth-order valence-electron chi connectivity index (χ4n) is 3.02. The topological polar surface area (TPSA) is 15.3 Å². The smallest absolute Gasteiger partial charge is 0.000687 e. The van der Waals surface area contributed by atoms with Crippen molar-refractivity contribution in [2.24, 2.45) is 5.92 Å². The number of nitrogens with zero attached hydrogens (tertiary/aromatic N) is 1. The van der Waals surface area contributed by atoms with Gasteiger partial charge in [0.2, 0.25) is 0 Å². The van der Waals surface area contributed by atoms with E-state index in [9.17, 15) is 0 Å². The molecule has 1 fully saturated rings. The second kappa shape index (κ2) is 10.8. The average Bonchev–Trinajstić information content (AvgIpc) is 2.36. The van der Waals surface area contributed by atoms with Crippen LogP contribution in [0.1, 0.15) is 65.2 Å². The van der Waals surface area contributed by atoms with Gasteiger partial charge < -0.3 is 10.2 Å². The third kappa shape index (κ3) is 7.38. The molecule has 108 valence electrons. The van der Waals surface area contributed by atoms with Crippen molar-refractivity contribution in [2.45, 2.75) is 65.2 Å². The number of hydrogen-bond donors (Lipinski definition) is 1. The van der Waals surface area contributed by atoms with Gasteiger partial charge in [0.05, 0.1) is 0 Å². The van der Waals surface area contributed by atoms with Crippen LogP contribution in [0.2, 0.25) is 0 Å². The zero-order valence-electron chi connectivity index (χ0n) is 12.7. The second-order valence-electron chi connectivity index (χ2n) is 5.80. The summed E-state index contributed by atoms with van der Waals surface area (Å²) in [5.41, 5.74) is 0. The van der Waals surface area contributed by atoms with Gasteiger partial charge in [-0.3, -0.25) is 0 Å². The zero-order chi connectivity index (χ0) is 13.1. The summed E-state index contributed by atoms with van der Waals surface area (Å²) in [5, 5.41) is 3.68. The van der Waals surface area contributed by atoms with Crippen LogP contribution < -0.4 is 5.32 Å². The van der Waals surface area contributed by atoms with Gasteiger partial charge in [-0.15, -0.1) is 0 Å². The summed E-state index contributed by atoms with van der Waals surface area (Å²) in [4.78, 5) is 2.51. The third-order valence-corrected chi connectivity index (χ3v) is 4.38. The Kier molecular flexibility index (Phi) is 9.59. The largest absolute Gasteiger partial charge is 0.316 e. The fraction of sp³-hybridized carbons (Fsp3) is 1.00. The summed E-state index contributed by atoms with van der Waals surface area (Å²) in [6.07, 6.45) is 11.6. The van der Waals surface area contributed by atoms with Gasteiger partial charge in [-0.2, -0.15) is 0 Å². The summed E-state index contributed by atoms with van der Waals surface area (Å²) in [6, 6.07) is 0. The standard InChI is InChI=1S/C16H34N2/c1-3-18(4-2)14-10-13-17-15-16-11-8-6-5-7-9-12-16/h16-17H,3-15H2,1-2H3. The van der Waals surface area contributed by atoms with Gasteiger partial charge in [-0.1, -0.05) is 46.0 Å². The minimum absolute atomic E-state index is 0.957. The molecule has 0 heterocycles. The molecule has 1 aliphatic carbocycles. The Morgan fingerprint density at radius 2 is 1.56 bits per heavy atom. The monoisotopic (exact) mass is 254 g/mol. The molecule has 0 aromatic carbocycles. The fourth-order valence-corrected chi connectivity index (χ4v) is 3.02.